The van der Waals surface area contributed by atoms with Gasteiger partial charge < -0.3 is 4.90 Å². The van der Waals surface area contributed by atoms with Gasteiger partial charge in [0.15, 0.2) is 0 Å². The first-order chi connectivity index (χ1) is 9.92. The van der Waals surface area contributed by atoms with E-state index in [9.17, 15) is 4.79 Å². The molecule has 0 radical (unpaired) electrons. The maximum atomic E-state index is 11.9. The van der Waals surface area contributed by atoms with E-state index in [-0.39, 0.29) is 5.91 Å². The first kappa shape index (κ1) is 19.1. The summed E-state index contributed by atoms with van der Waals surface area (Å²) in [6.07, 6.45) is 1.80. The summed E-state index contributed by atoms with van der Waals surface area (Å²) >= 11 is 0. The van der Waals surface area contributed by atoms with Crippen LogP contribution < -0.4 is 0 Å². The van der Waals surface area contributed by atoms with Crippen LogP contribution in [-0.4, -0.2) is 49.7 Å². The van der Waals surface area contributed by atoms with Gasteiger partial charge in [-0.05, 0) is 46.8 Å². The molecule has 0 fully saturated rings. The van der Waals surface area contributed by atoms with Crippen LogP contribution in [0.25, 0.3) is 0 Å². The minimum Gasteiger partial charge on any atom is -0.309 e. The van der Waals surface area contributed by atoms with E-state index in [1.54, 1.807) is 6.92 Å². The van der Waals surface area contributed by atoms with Crippen LogP contribution in [0, 0.1) is 28.6 Å². The standard InChI is InChI=1S/C15H24N4O2/c1-13(2)15(20)19(9-6-8-18(3)4)21-10-5-7-14(11-16)12-17/h14H,1,5-10H2,2-4H3. The summed E-state index contributed by atoms with van der Waals surface area (Å²) in [5.41, 5.74) is 0.423. The molecule has 116 valence electrons. The minimum atomic E-state index is -0.618. The Morgan fingerprint density at radius 2 is 1.86 bits per heavy atom. The maximum absolute atomic E-state index is 11.9. The lowest BCUT2D eigenvalue weighted by molar-refractivity contribution is -0.183. The zero-order valence-corrected chi connectivity index (χ0v) is 13.1. The molecule has 0 aromatic carbocycles. The van der Waals surface area contributed by atoms with Gasteiger partial charge in [-0.25, -0.2) is 5.06 Å². The van der Waals surface area contributed by atoms with Crippen LogP contribution in [0.2, 0.25) is 0 Å². The van der Waals surface area contributed by atoms with E-state index in [1.165, 1.54) is 5.06 Å². The number of amides is 1. The van der Waals surface area contributed by atoms with Crippen molar-refractivity contribution in [2.75, 3.05) is 33.8 Å². The molecule has 0 unspecified atom stereocenters. The lowest BCUT2D eigenvalue weighted by Gasteiger charge is -2.22. The van der Waals surface area contributed by atoms with E-state index in [1.807, 2.05) is 31.1 Å². The minimum absolute atomic E-state index is 0.231. The van der Waals surface area contributed by atoms with Gasteiger partial charge in [-0.3, -0.25) is 9.63 Å². The number of nitriles is 2. The lowest BCUT2D eigenvalue weighted by atomic mass is 10.1. The third kappa shape index (κ3) is 8.80. The molecule has 0 spiro atoms. The molecule has 0 bridgehead atoms. The molecule has 0 aliphatic rings. The van der Waals surface area contributed by atoms with Crippen LogP contribution in [-0.2, 0) is 9.63 Å². The van der Waals surface area contributed by atoms with Gasteiger partial charge in [0.05, 0.1) is 25.3 Å². The highest BCUT2D eigenvalue weighted by Gasteiger charge is 2.15. The van der Waals surface area contributed by atoms with Crippen LogP contribution >= 0.6 is 0 Å². The first-order valence-electron chi connectivity index (χ1n) is 6.96. The molecule has 0 aromatic rings. The van der Waals surface area contributed by atoms with Crippen molar-refractivity contribution in [3.63, 3.8) is 0 Å². The molecule has 0 rings (SSSR count). The van der Waals surface area contributed by atoms with E-state index in [0.29, 0.717) is 31.6 Å². The predicted octanol–water partition coefficient (Wildman–Crippen LogP) is 1.72. The second kappa shape index (κ2) is 10.8. The summed E-state index contributed by atoms with van der Waals surface area (Å²) in [6, 6.07) is 3.82. The zero-order chi connectivity index (χ0) is 16.3. The Balaban J connectivity index is 4.23. The Hall–Kier alpha value is -1.89. The van der Waals surface area contributed by atoms with E-state index >= 15 is 0 Å². The maximum Gasteiger partial charge on any atom is 0.272 e. The van der Waals surface area contributed by atoms with Crippen LogP contribution in [0.5, 0.6) is 0 Å². The largest absolute Gasteiger partial charge is 0.309 e. The summed E-state index contributed by atoms with van der Waals surface area (Å²) in [7, 11) is 3.94. The van der Waals surface area contributed by atoms with E-state index in [2.05, 4.69) is 6.58 Å². The summed E-state index contributed by atoms with van der Waals surface area (Å²) in [5, 5.41) is 18.7. The van der Waals surface area contributed by atoms with Gasteiger partial charge in [-0.15, -0.1) is 0 Å². The fourth-order valence-electron chi connectivity index (χ4n) is 1.59. The Morgan fingerprint density at radius 3 is 2.33 bits per heavy atom. The van der Waals surface area contributed by atoms with Crippen LogP contribution in [0.4, 0.5) is 0 Å². The molecule has 0 aromatic heterocycles. The number of rotatable bonds is 10. The highest BCUT2D eigenvalue weighted by Crippen LogP contribution is 2.07. The Bertz CT molecular complexity index is 406. The molecule has 0 aliphatic heterocycles. The van der Waals surface area contributed by atoms with Crippen LogP contribution in [0.3, 0.4) is 0 Å². The second-order valence-corrected chi connectivity index (χ2v) is 5.13. The highest BCUT2D eigenvalue weighted by atomic mass is 16.7. The Labute approximate surface area is 127 Å². The van der Waals surface area contributed by atoms with Crippen LogP contribution in [0.1, 0.15) is 26.2 Å². The van der Waals surface area contributed by atoms with Crippen molar-refractivity contribution < 1.29 is 9.63 Å². The number of carbonyl (C=O) groups is 1. The fourth-order valence-corrected chi connectivity index (χ4v) is 1.59. The molecule has 0 aliphatic carbocycles. The van der Waals surface area contributed by atoms with Gasteiger partial charge in [0.25, 0.3) is 5.91 Å². The molecule has 0 N–H and O–H groups in total. The molecular weight excluding hydrogens is 268 g/mol. The van der Waals surface area contributed by atoms with E-state index < -0.39 is 5.92 Å². The van der Waals surface area contributed by atoms with Gasteiger partial charge in [0.2, 0.25) is 0 Å². The summed E-state index contributed by atoms with van der Waals surface area (Å²) < 4.78 is 0. The van der Waals surface area contributed by atoms with Crippen molar-refractivity contribution in [1.29, 1.82) is 10.5 Å². The van der Waals surface area contributed by atoms with Crippen LogP contribution in [0.15, 0.2) is 12.2 Å². The summed E-state index contributed by atoms with van der Waals surface area (Å²) in [6.45, 7) is 6.93. The average Bonchev–Trinajstić information content (AvgIpc) is 2.44. The van der Waals surface area contributed by atoms with Gasteiger partial charge in [-0.1, -0.05) is 6.58 Å². The smallest absolute Gasteiger partial charge is 0.272 e. The molecule has 21 heavy (non-hydrogen) atoms. The molecule has 6 heteroatoms. The Kier molecular flexibility index (Phi) is 9.87. The van der Waals surface area contributed by atoms with E-state index in [0.717, 1.165) is 13.0 Å². The third-order valence-electron chi connectivity index (χ3n) is 2.75. The van der Waals surface area contributed by atoms with E-state index in [4.69, 9.17) is 15.4 Å². The number of hydrogen-bond acceptors (Lipinski definition) is 5. The van der Waals surface area contributed by atoms with Crippen molar-refractivity contribution in [3.05, 3.63) is 12.2 Å². The number of nitrogens with zero attached hydrogens (tertiary/aromatic N) is 4. The van der Waals surface area contributed by atoms with Gasteiger partial charge in [0.1, 0.15) is 5.92 Å². The SMILES string of the molecule is C=C(C)C(=O)N(CCCN(C)C)OCCCC(C#N)C#N. The van der Waals surface area contributed by atoms with Gasteiger partial charge in [-0.2, -0.15) is 10.5 Å². The fraction of sp³-hybridized carbons (Fsp3) is 0.667. The summed E-state index contributed by atoms with van der Waals surface area (Å²) in [5.74, 6) is -0.849. The zero-order valence-electron chi connectivity index (χ0n) is 13.1. The van der Waals surface area contributed by atoms with Gasteiger partial charge >= 0.3 is 0 Å². The van der Waals surface area contributed by atoms with Crippen molar-refractivity contribution in [2.24, 2.45) is 5.92 Å². The number of carbonyl (C=O) groups excluding carboxylic acids is 1. The quantitative estimate of drug-likeness (QED) is 0.348. The number of hydroxylamine groups is 2. The van der Waals surface area contributed by atoms with Crippen molar-refractivity contribution in [1.82, 2.24) is 9.96 Å². The Morgan fingerprint density at radius 1 is 1.24 bits per heavy atom. The van der Waals surface area contributed by atoms with Crippen molar-refractivity contribution >= 4 is 5.91 Å². The molecule has 0 atom stereocenters. The normalized spacial score (nSPS) is 10.2. The number of hydrogen-bond donors (Lipinski definition) is 0. The molecule has 6 nitrogen and oxygen atoms in total. The highest BCUT2D eigenvalue weighted by molar-refractivity contribution is 5.91. The molecule has 0 heterocycles. The van der Waals surface area contributed by atoms with Gasteiger partial charge in [0, 0.05) is 5.57 Å². The molecular formula is C15H24N4O2. The molecule has 0 saturated carbocycles. The second-order valence-electron chi connectivity index (χ2n) is 5.13. The van der Waals surface area contributed by atoms with Crippen molar-refractivity contribution in [2.45, 2.75) is 26.2 Å². The summed E-state index contributed by atoms with van der Waals surface area (Å²) in [4.78, 5) is 19.4. The average molecular weight is 292 g/mol. The monoisotopic (exact) mass is 292 g/mol. The topological polar surface area (TPSA) is 80.4 Å². The third-order valence-corrected chi connectivity index (χ3v) is 2.75. The first-order valence-corrected chi connectivity index (χ1v) is 6.96. The van der Waals surface area contributed by atoms with Crippen molar-refractivity contribution in [3.8, 4) is 12.1 Å². The molecule has 0 saturated heterocycles. The molecule has 1 amide bonds. The lowest BCUT2D eigenvalue weighted by Crippen LogP contribution is -2.34. The predicted molar refractivity (Wildman–Crippen MR) is 79.6 cm³/mol.